The van der Waals surface area contributed by atoms with Crippen LogP contribution in [0.5, 0.6) is 5.75 Å². The Morgan fingerprint density at radius 3 is 2.74 bits per heavy atom. The third kappa shape index (κ3) is 3.70. The summed E-state index contributed by atoms with van der Waals surface area (Å²) < 4.78 is 5.26. The van der Waals surface area contributed by atoms with Gasteiger partial charge in [0.1, 0.15) is 5.75 Å². The first-order valence-corrected chi connectivity index (χ1v) is 10.9. The molecule has 0 bridgehead atoms. The molecule has 1 atom stereocenters. The maximum absolute atomic E-state index is 13.6. The second-order valence-electron chi connectivity index (χ2n) is 8.32. The summed E-state index contributed by atoms with van der Waals surface area (Å²) in [5, 5.41) is 11.0. The van der Waals surface area contributed by atoms with E-state index in [-0.39, 0.29) is 5.91 Å². The van der Waals surface area contributed by atoms with E-state index >= 15 is 0 Å². The van der Waals surface area contributed by atoms with Crippen LogP contribution in [-0.4, -0.2) is 47.2 Å². The van der Waals surface area contributed by atoms with E-state index in [1.54, 1.807) is 12.0 Å². The van der Waals surface area contributed by atoms with Crippen molar-refractivity contribution in [2.24, 2.45) is 0 Å². The minimum atomic E-state index is -0.440. The van der Waals surface area contributed by atoms with Gasteiger partial charge in [0.15, 0.2) is 0 Å². The van der Waals surface area contributed by atoms with E-state index in [0.717, 1.165) is 70.3 Å². The Morgan fingerprint density at radius 1 is 1.16 bits per heavy atom. The fourth-order valence-electron chi connectivity index (χ4n) is 4.72. The molecule has 1 N–H and O–H groups in total. The van der Waals surface area contributed by atoms with Gasteiger partial charge in [-0.25, -0.2) is 4.98 Å². The van der Waals surface area contributed by atoms with E-state index in [2.05, 4.69) is 6.08 Å². The van der Waals surface area contributed by atoms with E-state index in [1.165, 1.54) is 0 Å². The van der Waals surface area contributed by atoms with Crippen molar-refractivity contribution in [2.75, 3.05) is 20.2 Å². The molecule has 1 unspecified atom stereocenters. The summed E-state index contributed by atoms with van der Waals surface area (Å²) in [6, 6.07) is 15.9. The number of aromatic nitrogens is 1. The van der Waals surface area contributed by atoms with Crippen molar-refractivity contribution in [2.45, 2.75) is 31.8 Å². The third-order valence-corrected chi connectivity index (χ3v) is 6.30. The lowest BCUT2D eigenvalue weighted by Gasteiger charge is -2.31. The zero-order chi connectivity index (χ0) is 21.4. The number of carbonyl (C=O) groups excluding carboxylic acids is 1. The van der Waals surface area contributed by atoms with Gasteiger partial charge in [0, 0.05) is 18.5 Å². The van der Waals surface area contributed by atoms with Gasteiger partial charge in [-0.05, 0) is 66.7 Å². The average Bonchev–Trinajstić information content (AvgIpc) is 3.19. The number of nitrogens with zero attached hydrogens (tertiary/aromatic N) is 2. The van der Waals surface area contributed by atoms with Crippen LogP contribution in [0.3, 0.4) is 0 Å². The molecule has 1 aliphatic heterocycles. The third-order valence-electron chi connectivity index (χ3n) is 6.30. The van der Waals surface area contributed by atoms with Crippen molar-refractivity contribution in [3.8, 4) is 5.75 Å². The molecule has 2 heterocycles. The predicted molar refractivity (Wildman–Crippen MR) is 122 cm³/mol. The summed E-state index contributed by atoms with van der Waals surface area (Å²) in [6.45, 7) is 1.09. The summed E-state index contributed by atoms with van der Waals surface area (Å²) in [6.07, 6.45) is 4.96. The van der Waals surface area contributed by atoms with Crippen LogP contribution in [-0.2, 0) is 6.42 Å². The SMILES string of the molecule is COc1ccc(/C=C2/CCc3c2nc2ccccc2c3C(=O)N2CCCC(O)C2)cc1. The quantitative estimate of drug-likeness (QED) is 0.693. The minimum absolute atomic E-state index is 0.0132. The molecule has 1 aliphatic carbocycles. The largest absolute Gasteiger partial charge is 0.497 e. The molecule has 5 nitrogen and oxygen atoms in total. The van der Waals surface area contributed by atoms with Crippen molar-refractivity contribution >= 4 is 28.5 Å². The van der Waals surface area contributed by atoms with Crippen LogP contribution in [0, 0.1) is 0 Å². The molecule has 0 spiro atoms. The molecule has 0 saturated carbocycles. The highest BCUT2D eigenvalue weighted by Gasteiger charge is 2.31. The van der Waals surface area contributed by atoms with Gasteiger partial charge in [0.2, 0.25) is 0 Å². The lowest BCUT2D eigenvalue weighted by molar-refractivity contribution is 0.0474. The number of aliphatic hydroxyl groups excluding tert-OH is 1. The number of pyridine rings is 1. The number of benzene rings is 2. The Morgan fingerprint density at radius 2 is 1.97 bits per heavy atom. The van der Waals surface area contributed by atoms with Gasteiger partial charge in [-0.2, -0.15) is 0 Å². The molecule has 1 fully saturated rings. The zero-order valence-corrected chi connectivity index (χ0v) is 17.7. The second kappa shape index (κ2) is 8.16. The Kier molecular flexibility index (Phi) is 5.20. The predicted octanol–water partition coefficient (Wildman–Crippen LogP) is 4.33. The first-order valence-electron chi connectivity index (χ1n) is 10.9. The monoisotopic (exact) mass is 414 g/mol. The number of rotatable bonds is 3. The Labute approximate surface area is 182 Å². The Balaban J connectivity index is 1.60. The second-order valence-corrected chi connectivity index (χ2v) is 8.32. The summed E-state index contributed by atoms with van der Waals surface area (Å²) >= 11 is 0. The fraction of sp³-hybridized carbons (Fsp3) is 0.308. The smallest absolute Gasteiger partial charge is 0.254 e. The summed E-state index contributed by atoms with van der Waals surface area (Å²) in [5.41, 5.74) is 5.79. The van der Waals surface area contributed by atoms with Crippen LogP contribution in [0.15, 0.2) is 48.5 Å². The lowest BCUT2D eigenvalue weighted by Crippen LogP contribution is -2.42. The number of methoxy groups -OCH3 is 1. The van der Waals surface area contributed by atoms with Crippen molar-refractivity contribution in [1.82, 2.24) is 9.88 Å². The summed E-state index contributed by atoms with van der Waals surface area (Å²) in [4.78, 5) is 20.4. The summed E-state index contributed by atoms with van der Waals surface area (Å²) in [7, 11) is 1.66. The number of fused-ring (bicyclic) bond motifs is 2. The number of para-hydroxylation sites is 1. The number of allylic oxidation sites excluding steroid dienone is 1. The molecule has 2 aromatic carbocycles. The van der Waals surface area contributed by atoms with Crippen LogP contribution in [0.2, 0.25) is 0 Å². The van der Waals surface area contributed by atoms with Gasteiger partial charge in [0.25, 0.3) is 5.91 Å². The lowest BCUT2D eigenvalue weighted by atomic mass is 9.98. The first-order chi connectivity index (χ1) is 15.1. The molecular formula is C26H26N2O3. The van der Waals surface area contributed by atoms with Gasteiger partial charge in [0.05, 0.1) is 30.0 Å². The van der Waals surface area contributed by atoms with Gasteiger partial charge in [-0.3, -0.25) is 4.79 Å². The molecular weight excluding hydrogens is 388 g/mol. The number of β-amino-alcohol motifs (C(OH)–C–C–N with tert-alkyl or cyclic N) is 1. The molecule has 2 aliphatic rings. The van der Waals surface area contributed by atoms with Gasteiger partial charge >= 0.3 is 0 Å². The number of piperidine rings is 1. The standard InChI is InChI=1S/C26H26N2O3/c1-31-20-11-8-17(9-12-20)15-18-10-13-22-24(26(30)28-14-4-5-19(29)16-28)21-6-2-3-7-23(21)27-25(18)22/h2-3,6-9,11-12,15,19,29H,4-5,10,13-14,16H2,1H3/b18-15-. The van der Waals surface area contributed by atoms with E-state index in [9.17, 15) is 9.90 Å². The number of aliphatic hydroxyl groups is 1. The van der Waals surface area contributed by atoms with Gasteiger partial charge in [-0.1, -0.05) is 30.3 Å². The molecule has 3 aromatic rings. The van der Waals surface area contributed by atoms with Crippen molar-refractivity contribution in [3.63, 3.8) is 0 Å². The maximum atomic E-state index is 13.6. The topological polar surface area (TPSA) is 62.7 Å². The molecule has 5 heteroatoms. The highest BCUT2D eigenvalue weighted by Crippen LogP contribution is 2.38. The van der Waals surface area contributed by atoms with Crippen LogP contribution < -0.4 is 4.74 Å². The zero-order valence-electron chi connectivity index (χ0n) is 17.7. The van der Waals surface area contributed by atoms with E-state index in [4.69, 9.17) is 9.72 Å². The molecule has 31 heavy (non-hydrogen) atoms. The number of carbonyl (C=O) groups is 1. The molecule has 158 valence electrons. The molecule has 1 amide bonds. The van der Waals surface area contributed by atoms with Crippen LogP contribution in [0.1, 0.15) is 46.4 Å². The number of ether oxygens (including phenoxy) is 1. The minimum Gasteiger partial charge on any atom is -0.497 e. The Hall–Kier alpha value is -3.18. The van der Waals surface area contributed by atoms with Gasteiger partial charge in [-0.15, -0.1) is 0 Å². The Bertz CT molecular complexity index is 1170. The fourth-order valence-corrected chi connectivity index (χ4v) is 4.72. The number of likely N-dealkylation sites (tertiary alicyclic amines) is 1. The van der Waals surface area contributed by atoms with Crippen molar-refractivity contribution < 1.29 is 14.6 Å². The number of hydrogen-bond donors (Lipinski definition) is 1. The van der Waals surface area contributed by atoms with Gasteiger partial charge < -0.3 is 14.7 Å². The molecule has 1 saturated heterocycles. The van der Waals surface area contributed by atoms with Crippen molar-refractivity contribution in [1.29, 1.82) is 0 Å². The summed E-state index contributed by atoms with van der Waals surface area (Å²) in [5.74, 6) is 0.842. The van der Waals surface area contributed by atoms with E-state index in [1.807, 2.05) is 48.5 Å². The van der Waals surface area contributed by atoms with Crippen LogP contribution in [0.4, 0.5) is 0 Å². The normalized spacial score (nSPS) is 19.6. The van der Waals surface area contributed by atoms with E-state index < -0.39 is 6.10 Å². The highest BCUT2D eigenvalue weighted by molar-refractivity contribution is 6.09. The number of hydrogen-bond acceptors (Lipinski definition) is 4. The number of amides is 1. The maximum Gasteiger partial charge on any atom is 0.254 e. The first kappa shape index (κ1) is 19.8. The highest BCUT2D eigenvalue weighted by atomic mass is 16.5. The van der Waals surface area contributed by atoms with Crippen LogP contribution in [0.25, 0.3) is 22.6 Å². The van der Waals surface area contributed by atoms with Crippen molar-refractivity contribution in [3.05, 3.63) is 70.9 Å². The average molecular weight is 415 g/mol. The molecule has 0 radical (unpaired) electrons. The van der Waals surface area contributed by atoms with E-state index in [0.29, 0.717) is 13.1 Å². The molecule has 5 rings (SSSR count). The van der Waals surface area contributed by atoms with Crippen LogP contribution >= 0.6 is 0 Å². The molecule has 1 aromatic heterocycles.